The van der Waals surface area contributed by atoms with E-state index in [1.165, 1.54) is 7.05 Å². The normalized spacial score (nSPS) is 11.3. The van der Waals surface area contributed by atoms with Crippen LogP contribution in [-0.4, -0.2) is 40.5 Å². The Morgan fingerprint density at radius 2 is 1.88 bits per heavy atom. The maximum absolute atomic E-state index is 13.2. The summed E-state index contributed by atoms with van der Waals surface area (Å²) in [7, 11) is 1.26. The third-order valence-corrected chi connectivity index (χ3v) is 4.21. The number of halogens is 3. The van der Waals surface area contributed by atoms with Crippen molar-refractivity contribution in [3.63, 3.8) is 0 Å². The first-order valence-corrected chi connectivity index (χ1v) is 7.62. The van der Waals surface area contributed by atoms with E-state index in [2.05, 4.69) is 4.98 Å². The standard InChI is InChI=1S/C15H13F3N2O3S/c1-20(8-7-10(21)22)14(23)11-12(15(16,17)18)19-13(24-11)9-5-3-2-4-6-9/h2-6H,7-8H2,1H3,(H,21,22). The summed E-state index contributed by atoms with van der Waals surface area (Å²) in [6, 6.07) is 8.23. The van der Waals surface area contributed by atoms with Crippen LogP contribution >= 0.6 is 11.3 Å². The third kappa shape index (κ3) is 4.10. The van der Waals surface area contributed by atoms with Crippen LogP contribution in [0.25, 0.3) is 10.6 Å². The maximum Gasteiger partial charge on any atom is 0.435 e. The molecule has 0 aliphatic carbocycles. The zero-order valence-electron chi connectivity index (χ0n) is 12.5. The molecule has 2 rings (SSSR count). The van der Waals surface area contributed by atoms with Crippen LogP contribution in [0, 0.1) is 0 Å². The number of rotatable bonds is 5. The van der Waals surface area contributed by atoms with Gasteiger partial charge < -0.3 is 10.0 Å². The van der Waals surface area contributed by atoms with E-state index in [1.807, 2.05) is 0 Å². The van der Waals surface area contributed by atoms with Gasteiger partial charge in [0, 0.05) is 19.2 Å². The Labute approximate surface area is 139 Å². The van der Waals surface area contributed by atoms with E-state index in [9.17, 15) is 22.8 Å². The van der Waals surface area contributed by atoms with E-state index < -0.39 is 28.6 Å². The molecule has 1 amide bonds. The average molecular weight is 358 g/mol. The van der Waals surface area contributed by atoms with Gasteiger partial charge in [0.1, 0.15) is 9.88 Å². The van der Waals surface area contributed by atoms with Crippen LogP contribution in [0.1, 0.15) is 21.8 Å². The van der Waals surface area contributed by atoms with Crippen molar-refractivity contribution in [2.24, 2.45) is 0 Å². The Hall–Kier alpha value is -2.42. The van der Waals surface area contributed by atoms with Crippen molar-refractivity contribution < 1.29 is 27.9 Å². The van der Waals surface area contributed by atoms with Crippen LogP contribution in [0.3, 0.4) is 0 Å². The molecular weight excluding hydrogens is 345 g/mol. The molecule has 9 heteroatoms. The lowest BCUT2D eigenvalue weighted by Crippen LogP contribution is -2.30. The predicted octanol–water partition coefficient (Wildman–Crippen LogP) is 3.38. The molecule has 1 aromatic heterocycles. The summed E-state index contributed by atoms with van der Waals surface area (Å²) in [6.07, 6.45) is -5.13. The van der Waals surface area contributed by atoms with E-state index in [0.29, 0.717) is 16.9 Å². The molecule has 0 aliphatic rings. The molecule has 0 aliphatic heterocycles. The quantitative estimate of drug-likeness (QED) is 0.890. The van der Waals surface area contributed by atoms with Crippen molar-refractivity contribution in [2.45, 2.75) is 12.6 Å². The number of hydrogen-bond donors (Lipinski definition) is 1. The number of aliphatic carboxylic acids is 1. The molecule has 0 bridgehead atoms. The number of carboxylic acid groups (broad SMARTS) is 1. The van der Waals surface area contributed by atoms with Crippen molar-refractivity contribution in [2.75, 3.05) is 13.6 Å². The highest BCUT2D eigenvalue weighted by Crippen LogP contribution is 2.38. The van der Waals surface area contributed by atoms with Crippen LogP contribution in [0.4, 0.5) is 13.2 Å². The lowest BCUT2D eigenvalue weighted by molar-refractivity contribution is -0.141. The molecule has 128 valence electrons. The number of aromatic nitrogens is 1. The van der Waals surface area contributed by atoms with Gasteiger partial charge in [0.15, 0.2) is 5.69 Å². The Morgan fingerprint density at radius 3 is 2.42 bits per heavy atom. The number of carboxylic acids is 1. The number of nitrogens with zero attached hydrogens (tertiary/aromatic N) is 2. The summed E-state index contributed by atoms with van der Waals surface area (Å²) in [5, 5.41) is 8.71. The van der Waals surface area contributed by atoms with Gasteiger partial charge in [-0.25, -0.2) is 4.98 Å². The molecule has 1 aromatic carbocycles. The summed E-state index contributed by atoms with van der Waals surface area (Å²) in [5.41, 5.74) is -0.779. The minimum Gasteiger partial charge on any atom is -0.481 e. The molecule has 5 nitrogen and oxygen atoms in total. The number of alkyl halides is 3. The maximum atomic E-state index is 13.2. The SMILES string of the molecule is CN(CCC(=O)O)C(=O)c1sc(-c2ccccc2)nc1C(F)(F)F. The fourth-order valence-corrected chi connectivity index (χ4v) is 2.99. The van der Waals surface area contributed by atoms with E-state index in [1.54, 1.807) is 30.3 Å². The van der Waals surface area contributed by atoms with Gasteiger partial charge in [0.2, 0.25) is 0 Å². The topological polar surface area (TPSA) is 70.5 Å². The number of benzene rings is 1. The lowest BCUT2D eigenvalue weighted by atomic mass is 10.2. The first-order valence-electron chi connectivity index (χ1n) is 6.81. The Balaban J connectivity index is 2.39. The van der Waals surface area contributed by atoms with Gasteiger partial charge >= 0.3 is 12.1 Å². The average Bonchev–Trinajstić information content (AvgIpc) is 2.98. The Kier molecular flexibility index (Phi) is 5.23. The van der Waals surface area contributed by atoms with E-state index in [4.69, 9.17) is 5.11 Å². The predicted molar refractivity (Wildman–Crippen MR) is 81.8 cm³/mol. The summed E-state index contributed by atoms with van der Waals surface area (Å²) in [5.74, 6) is -2.04. The van der Waals surface area contributed by atoms with Crippen LogP contribution < -0.4 is 0 Å². The van der Waals surface area contributed by atoms with Gasteiger partial charge in [-0.05, 0) is 0 Å². The second-order valence-corrected chi connectivity index (χ2v) is 5.93. The second-order valence-electron chi connectivity index (χ2n) is 4.93. The zero-order chi connectivity index (χ0) is 17.9. The number of thiazole rings is 1. The molecule has 1 heterocycles. The Bertz CT molecular complexity index is 744. The summed E-state index contributed by atoms with van der Waals surface area (Å²) in [6.45, 7) is -0.190. The molecule has 0 spiro atoms. The first kappa shape index (κ1) is 17.9. The monoisotopic (exact) mass is 358 g/mol. The van der Waals surface area contributed by atoms with Gasteiger partial charge in [-0.1, -0.05) is 30.3 Å². The molecular formula is C15H13F3N2O3S. The van der Waals surface area contributed by atoms with Gasteiger partial charge in [0.25, 0.3) is 5.91 Å². The molecule has 2 aromatic rings. The highest BCUT2D eigenvalue weighted by Gasteiger charge is 2.40. The van der Waals surface area contributed by atoms with Gasteiger partial charge in [0.05, 0.1) is 6.42 Å². The molecule has 1 N–H and O–H groups in total. The highest BCUT2D eigenvalue weighted by molar-refractivity contribution is 7.17. The molecule has 0 fully saturated rings. The summed E-state index contributed by atoms with van der Waals surface area (Å²) >= 11 is 0.640. The molecule has 0 radical (unpaired) electrons. The third-order valence-electron chi connectivity index (χ3n) is 3.12. The van der Waals surface area contributed by atoms with E-state index in [0.717, 1.165) is 4.90 Å². The van der Waals surface area contributed by atoms with E-state index >= 15 is 0 Å². The van der Waals surface area contributed by atoms with Crippen LogP contribution in [0.5, 0.6) is 0 Å². The van der Waals surface area contributed by atoms with Crippen LogP contribution in [0.15, 0.2) is 30.3 Å². The van der Waals surface area contributed by atoms with Crippen molar-refractivity contribution in [1.82, 2.24) is 9.88 Å². The fourth-order valence-electron chi connectivity index (χ4n) is 1.90. The minimum atomic E-state index is -4.78. The smallest absolute Gasteiger partial charge is 0.435 e. The lowest BCUT2D eigenvalue weighted by Gasteiger charge is -2.16. The van der Waals surface area contributed by atoms with Crippen molar-refractivity contribution in [3.8, 4) is 10.6 Å². The number of carbonyl (C=O) groups is 2. The molecule has 0 saturated heterocycles. The molecule has 24 heavy (non-hydrogen) atoms. The minimum absolute atomic E-state index is 0.0814. The van der Waals surface area contributed by atoms with E-state index in [-0.39, 0.29) is 18.0 Å². The number of hydrogen-bond acceptors (Lipinski definition) is 4. The molecule has 0 saturated carbocycles. The van der Waals surface area contributed by atoms with Gasteiger partial charge in [-0.15, -0.1) is 11.3 Å². The highest BCUT2D eigenvalue weighted by atomic mass is 32.1. The summed E-state index contributed by atoms with van der Waals surface area (Å²) in [4.78, 5) is 26.8. The van der Waals surface area contributed by atoms with Crippen LogP contribution in [0.2, 0.25) is 0 Å². The van der Waals surface area contributed by atoms with Crippen molar-refractivity contribution >= 4 is 23.2 Å². The molecule has 0 atom stereocenters. The zero-order valence-corrected chi connectivity index (χ0v) is 13.3. The van der Waals surface area contributed by atoms with Crippen molar-refractivity contribution in [3.05, 3.63) is 40.9 Å². The number of carbonyl (C=O) groups excluding carboxylic acids is 1. The van der Waals surface area contributed by atoms with Gasteiger partial charge in [-0.3, -0.25) is 9.59 Å². The number of amides is 1. The first-order chi connectivity index (χ1) is 11.2. The van der Waals surface area contributed by atoms with Crippen LogP contribution in [-0.2, 0) is 11.0 Å². The Morgan fingerprint density at radius 1 is 1.25 bits per heavy atom. The van der Waals surface area contributed by atoms with Gasteiger partial charge in [-0.2, -0.15) is 13.2 Å². The molecule has 0 unspecified atom stereocenters. The fraction of sp³-hybridized carbons (Fsp3) is 0.267. The van der Waals surface area contributed by atoms with Crippen molar-refractivity contribution in [1.29, 1.82) is 0 Å². The second kappa shape index (κ2) is 7.00. The largest absolute Gasteiger partial charge is 0.481 e. The summed E-state index contributed by atoms with van der Waals surface area (Å²) < 4.78 is 39.6.